The van der Waals surface area contributed by atoms with Crippen molar-refractivity contribution in [1.82, 2.24) is 5.32 Å². The van der Waals surface area contributed by atoms with Gasteiger partial charge in [-0.15, -0.1) is 0 Å². The van der Waals surface area contributed by atoms with E-state index in [1.807, 2.05) is 0 Å². The van der Waals surface area contributed by atoms with E-state index in [1.54, 1.807) is 36.4 Å². The number of amides is 1. The van der Waals surface area contributed by atoms with Crippen molar-refractivity contribution in [3.05, 3.63) is 35.9 Å². The van der Waals surface area contributed by atoms with Crippen molar-refractivity contribution < 1.29 is 13.6 Å². The van der Waals surface area contributed by atoms with E-state index in [2.05, 4.69) is 5.32 Å². The summed E-state index contributed by atoms with van der Waals surface area (Å²) >= 11 is 0. The molecule has 0 unspecified atom stereocenters. The van der Waals surface area contributed by atoms with Crippen LogP contribution in [-0.4, -0.2) is 18.4 Å². The van der Waals surface area contributed by atoms with E-state index in [-0.39, 0.29) is 19.4 Å². The van der Waals surface area contributed by atoms with E-state index in [1.165, 1.54) is 0 Å². The third kappa shape index (κ3) is 5.39. The molecule has 3 nitrogen and oxygen atoms in total. The molecule has 0 aliphatic rings. The minimum absolute atomic E-state index is 0.150. The van der Waals surface area contributed by atoms with Crippen molar-refractivity contribution in [2.45, 2.75) is 25.2 Å². The zero-order chi connectivity index (χ0) is 13.4. The third-order valence-corrected chi connectivity index (χ3v) is 2.39. The van der Waals surface area contributed by atoms with Crippen molar-refractivity contribution in [1.29, 1.82) is 5.26 Å². The summed E-state index contributed by atoms with van der Waals surface area (Å²) in [5, 5.41) is 10.5. The molecule has 0 saturated heterocycles. The fourth-order valence-corrected chi connectivity index (χ4v) is 1.51. The van der Waals surface area contributed by atoms with E-state index in [9.17, 15) is 13.6 Å². The molecule has 0 saturated carbocycles. The lowest BCUT2D eigenvalue weighted by Crippen LogP contribution is -2.27. The summed E-state index contributed by atoms with van der Waals surface area (Å²) in [6.07, 6.45) is -1.17. The summed E-state index contributed by atoms with van der Waals surface area (Å²) < 4.78 is 27.1. The summed E-state index contributed by atoms with van der Waals surface area (Å²) in [5.41, 5.74) is 0.542. The first-order chi connectivity index (χ1) is 8.53. The van der Waals surface area contributed by atoms with Crippen molar-refractivity contribution in [3.63, 3.8) is 0 Å². The minimum Gasteiger partial charge on any atom is -0.343 e. The lowest BCUT2D eigenvalue weighted by Gasteiger charge is -2.15. The van der Waals surface area contributed by atoms with Crippen molar-refractivity contribution in [2.24, 2.45) is 0 Å². The monoisotopic (exact) mass is 252 g/mol. The Morgan fingerprint density at radius 2 is 2.00 bits per heavy atom. The maximum absolute atomic E-state index is 13.5. The molecule has 0 aliphatic carbocycles. The molecule has 0 fully saturated rings. The molecule has 1 aromatic rings. The zero-order valence-electron chi connectivity index (χ0n) is 9.83. The second kappa shape index (κ2) is 6.70. The van der Waals surface area contributed by atoms with E-state index >= 15 is 0 Å². The Labute approximate surface area is 104 Å². The molecular formula is C13H14F2N2O. The Morgan fingerprint density at radius 1 is 1.33 bits per heavy atom. The van der Waals surface area contributed by atoms with Gasteiger partial charge in [0.25, 0.3) is 5.92 Å². The summed E-state index contributed by atoms with van der Waals surface area (Å²) in [6.45, 7) is -0.150. The number of hydrogen-bond donors (Lipinski definition) is 1. The van der Waals surface area contributed by atoms with Gasteiger partial charge in [-0.05, 0) is 5.56 Å². The fourth-order valence-electron chi connectivity index (χ4n) is 1.51. The van der Waals surface area contributed by atoms with E-state index in [4.69, 9.17) is 5.26 Å². The molecule has 18 heavy (non-hydrogen) atoms. The standard InChI is InChI=1S/C13H14F2N2O/c14-13(15,7-6-12(18)17-9-8-16)10-11-4-2-1-3-5-11/h1-5H,6-7,9-10H2,(H,17,18). The maximum Gasteiger partial charge on any atom is 0.252 e. The lowest BCUT2D eigenvalue weighted by molar-refractivity contribution is -0.123. The first kappa shape index (κ1) is 14.1. The van der Waals surface area contributed by atoms with Crippen LogP contribution in [0.25, 0.3) is 0 Å². The Hall–Kier alpha value is -1.96. The Balaban J connectivity index is 2.40. The molecule has 1 aromatic carbocycles. The molecule has 0 heterocycles. The highest BCUT2D eigenvalue weighted by atomic mass is 19.3. The Bertz CT molecular complexity index is 426. The maximum atomic E-state index is 13.5. The predicted molar refractivity (Wildman–Crippen MR) is 62.9 cm³/mol. The topological polar surface area (TPSA) is 52.9 Å². The van der Waals surface area contributed by atoms with Gasteiger partial charge in [0, 0.05) is 19.3 Å². The van der Waals surface area contributed by atoms with Gasteiger partial charge in [0.15, 0.2) is 0 Å². The highest BCUT2D eigenvalue weighted by Crippen LogP contribution is 2.25. The van der Waals surface area contributed by atoms with Crippen LogP contribution in [0.15, 0.2) is 30.3 Å². The molecule has 5 heteroatoms. The molecule has 0 atom stereocenters. The fraction of sp³-hybridized carbons (Fsp3) is 0.385. The number of rotatable bonds is 6. The highest BCUT2D eigenvalue weighted by molar-refractivity contribution is 5.76. The van der Waals surface area contributed by atoms with Crippen LogP contribution in [0.5, 0.6) is 0 Å². The molecule has 0 aromatic heterocycles. The van der Waals surface area contributed by atoms with E-state index < -0.39 is 18.3 Å². The van der Waals surface area contributed by atoms with Crippen LogP contribution in [0.3, 0.4) is 0 Å². The minimum atomic E-state index is -2.91. The smallest absolute Gasteiger partial charge is 0.252 e. The summed E-state index contributed by atoms with van der Waals surface area (Å²) in [7, 11) is 0. The SMILES string of the molecule is N#CCNC(=O)CCC(F)(F)Cc1ccccc1. The quantitative estimate of drug-likeness (QED) is 0.790. The highest BCUT2D eigenvalue weighted by Gasteiger charge is 2.29. The molecule has 96 valence electrons. The van der Waals surface area contributed by atoms with Gasteiger partial charge in [-0.2, -0.15) is 5.26 Å². The largest absolute Gasteiger partial charge is 0.343 e. The van der Waals surface area contributed by atoms with Crippen LogP contribution in [-0.2, 0) is 11.2 Å². The number of benzene rings is 1. The molecule has 1 rings (SSSR count). The van der Waals surface area contributed by atoms with Crippen LogP contribution in [0, 0.1) is 11.3 Å². The van der Waals surface area contributed by atoms with Gasteiger partial charge in [-0.3, -0.25) is 4.79 Å². The average Bonchev–Trinajstić information content (AvgIpc) is 2.35. The molecular weight excluding hydrogens is 238 g/mol. The van der Waals surface area contributed by atoms with Crippen LogP contribution in [0.1, 0.15) is 18.4 Å². The van der Waals surface area contributed by atoms with Crippen LogP contribution in [0.2, 0.25) is 0 Å². The van der Waals surface area contributed by atoms with Gasteiger partial charge < -0.3 is 5.32 Å². The molecule has 1 N–H and O–H groups in total. The molecule has 0 radical (unpaired) electrons. The number of nitriles is 1. The van der Waals surface area contributed by atoms with Crippen LogP contribution < -0.4 is 5.32 Å². The average molecular weight is 252 g/mol. The van der Waals surface area contributed by atoms with Gasteiger partial charge in [0.2, 0.25) is 5.91 Å². The molecule has 1 amide bonds. The second-order valence-electron chi connectivity index (χ2n) is 3.95. The lowest BCUT2D eigenvalue weighted by atomic mass is 10.0. The predicted octanol–water partition coefficient (Wildman–Crippen LogP) is 2.28. The first-order valence-electron chi connectivity index (χ1n) is 5.59. The number of nitrogens with one attached hydrogen (secondary N) is 1. The summed E-state index contributed by atoms with van der Waals surface area (Å²) in [6, 6.07) is 10.1. The van der Waals surface area contributed by atoms with E-state index in [0.717, 1.165) is 0 Å². The van der Waals surface area contributed by atoms with Crippen molar-refractivity contribution in [2.75, 3.05) is 6.54 Å². The van der Waals surface area contributed by atoms with Gasteiger partial charge >= 0.3 is 0 Å². The van der Waals surface area contributed by atoms with Crippen molar-refractivity contribution >= 4 is 5.91 Å². The van der Waals surface area contributed by atoms with Gasteiger partial charge in [-0.25, -0.2) is 8.78 Å². The van der Waals surface area contributed by atoms with Gasteiger partial charge in [-0.1, -0.05) is 30.3 Å². The second-order valence-corrected chi connectivity index (χ2v) is 3.95. The number of alkyl halides is 2. The van der Waals surface area contributed by atoms with Gasteiger partial charge in [0.05, 0.1) is 6.07 Å². The Morgan fingerprint density at radius 3 is 2.61 bits per heavy atom. The Kier molecular flexibility index (Phi) is 5.25. The zero-order valence-corrected chi connectivity index (χ0v) is 9.83. The normalized spacial score (nSPS) is 10.7. The van der Waals surface area contributed by atoms with Crippen LogP contribution in [0.4, 0.5) is 8.78 Å². The first-order valence-corrected chi connectivity index (χ1v) is 5.59. The number of carbonyl (C=O) groups excluding carboxylic acids is 1. The number of nitrogens with zero attached hydrogens (tertiary/aromatic N) is 1. The molecule has 0 spiro atoms. The molecule has 0 bridgehead atoms. The third-order valence-electron chi connectivity index (χ3n) is 2.39. The summed E-state index contributed by atoms with van der Waals surface area (Å²) in [5.74, 6) is -3.44. The van der Waals surface area contributed by atoms with E-state index in [0.29, 0.717) is 5.56 Å². The molecule has 0 aliphatic heterocycles. The summed E-state index contributed by atoms with van der Waals surface area (Å²) in [4.78, 5) is 11.1. The number of carbonyl (C=O) groups is 1. The van der Waals surface area contributed by atoms with Crippen molar-refractivity contribution in [3.8, 4) is 6.07 Å². The van der Waals surface area contributed by atoms with Crippen LogP contribution >= 0.6 is 0 Å². The number of halogens is 2. The number of hydrogen-bond acceptors (Lipinski definition) is 2. The van der Waals surface area contributed by atoms with Gasteiger partial charge in [0.1, 0.15) is 6.54 Å².